The molecule has 17 heavy (non-hydrogen) atoms. The molecule has 4 nitrogen and oxygen atoms in total. The van der Waals surface area contributed by atoms with Crippen molar-refractivity contribution >= 4 is 38.6 Å². The van der Waals surface area contributed by atoms with Crippen LogP contribution in [0.15, 0.2) is 34.8 Å². The molecule has 0 spiro atoms. The van der Waals surface area contributed by atoms with Crippen LogP contribution in [0.4, 0.5) is 0 Å². The van der Waals surface area contributed by atoms with Crippen molar-refractivity contribution in [3.63, 3.8) is 0 Å². The average Bonchev–Trinajstić information content (AvgIpc) is 2.28. The van der Waals surface area contributed by atoms with Gasteiger partial charge in [0, 0.05) is 4.47 Å². The molecule has 0 aliphatic rings. The van der Waals surface area contributed by atoms with E-state index in [0.29, 0.717) is 15.2 Å². The highest BCUT2D eigenvalue weighted by molar-refractivity contribution is 9.10. The molecule has 0 amide bonds. The van der Waals surface area contributed by atoms with Crippen LogP contribution in [0.2, 0.25) is 0 Å². The van der Waals surface area contributed by atoms with Crippen molar-refractivity contribution in [2.75, 3.05) is 0 Å². The van der Waals surface area contributed by atoms with Crippen molar-refractivity contribution in [3.8, 4) is 0 Å². The Kier molecular flexibility index (Phi) is 2.85. The van der Waals surface area contributed by atoms with Gasteiger partial charge in [0.15, 0.2) is 0 Å². The molecule has 2 N–H and O–H groups in total. The maximum absolute atomic E-state index is 10.9. The third kappa shape index (κ3) is 2.01. The summed E-state index contributed by atoms with van der Waals surface area (Å²) in [5.74, 6) is -2.04. The first-order valence-corrected chi connectivity index (χ1v) is 5.49. The molecule has 0 unspecified atom stereocenters. The van der Waals surface area contributed by atoms with Gasteiger partial charge in [-0.2, -0.15) is 0 Å². The molecule has 0 radical (unpaired) electrons. The van der Waals surface area contributed by atoms with Gasteiger partial charge >= 0.3 is 11.9 Å². The lowest BCUT2D eigenvalue weighted by atomic mass is 10.0. The van der Waals surface area contributed by atoms with Crippen LogP contribution in [0.3, 0.4) is 0 Å². The molecule has 0 heterocycles. The van der Waals surface area contributed by atoms with E-state index in [1.807, 2.05) is 0 Å². The molecule has 0 atom stereocenters. The molecule has 2 rings (SSSR count). The highest BCUT2D eigenvalue weighted by Crippen LogP contribution is 2.28. The van der Waals surface area contributed by atoms with Gasteiger partial charge in [-0.05, 0) is 44.9 Å². The Labute approximate surface area is 105 Å². The van der Waals surface area contributed by atoms with Crippen molar-refractivity contribution in [1.82, 2.24) is 0 Å². The standard InChI is InChI=1S/C12H7BrO4/c13-10-8-3-2-7(11(14)15)5-6(8)1-4-9(10)12(16)17/h1-5H,(H,14,15)(H,16,17). The third-order valence-electron chi connectivity index (χ3n) is 2.43. The lowest BCUT2D eigenvalue weighted by molar-refractivity contribution is 0.0685. The van der Waals surface area contributed by atoms with Crippen LogP contribution in [-0.4, -0.2) is 22.2 Å². The monoisotopic (exact) mass is 294 g/mol. The van der Waals surface area contributed by atoms with Crippen LogP contribution in [0.25, 0.3) is 10.8 Å². The van der Waals surface area contributed by atoms with Crippen molar-refractivity contribution in [3.05, 3.63) is 45.9 Å². The predicted octanol–water partition coefficient (Wildman–Crippen LogP) is 3.00. The largest absolute Gasteiger partial charge is 0.478 e. The molecule has 0 fully saturated rings. The smallest absolute Gasteiger partial charge is 0.336 e. The van der Waals surface area contributed by atoms with E-state index in [0.717, 1.165) is 0 Å². The summed E-state index contributed by atoms with van der Waals surface area (Å²) in [7, 11) is 0. The number of hydrogen-bond donors (Lipinski definition) is 2. The van der Waals surface area contributed by atoms with Crippen molar-refractivity contribution in [2.45, 2.75) is 0 Å². The number of carbonyl (C=O) groups is 2. The number of fused-ring (bicyclic) bond motifs is 1. The molecule has 0 bridgehead atoms. The number of rotatable bonds is 2. The lowest BCUT2D eigenvalue weighted by Gasteiger charge is -2.05. The van der Waals surface area contributed by atoms with Gasteiger partial charge in [-0.1, -0.05) is 12.1 Å². The van der Waals surface area contributed by atoms with Crippen LogP contribution in [0, 0.1) is 0 Å². The van der Waals surface area contributed by atoms with E-state index in [4.69, 9.17) is 10.2 Å². The van der Waals surface area contributed by atoms with Crippen molar-refractivity contribution in [1.29, 1.82) is 0 Å². The van der Waals surface area contributed by atoms with Crippen molar-refractivity contribution < 1.29 is 19.8 Å². The normalized spacial score (nSPS) is 10.4. The third-order valence-corrected chi connectivity index (χ3v) is 3.29. The first-order valence-electron chi connectivity index (χ1n) is 4.69. The molecule has 0 aliphatic heterocycles. The Bertz CT molecular complexity index is 634. The SMILES string of the molecule is O=C(O)c1ccc2c(Br)c(C(=O)O)ccc2c1. The maximum Gasteiger partial charge on any atom is 0.336 e. The summed E-state index contributed by atoms with van der Waals surface area (Å²) in [5, 5.41) is 19.2. The summed E-state index contributed by atoms with van der Waals surface area (Å²) in [5.41, 5.74) is 0.327. The Morgan fingerprint density at radius 3 is 2.29 bits per heavy atom. The zero-order chi connectivity index (χ0) is 12.6. The van der Waals surface area contributed by atoms with Gasteiger partial charge in [0.25, 0.3) is 0 Å². The Balaban J connectivity index is 2.72. The second-order valence-corrected chi connectivity index (χ2v) is 4.27. The molecule has 2 aromatic rings. The second kappa shape index (κ2) is 4.18. The summed E-state index contributed by atoms with van der Waals surface area (Å²) >= 11 is 3.22. The van der Waals surface area contributed by atoms with Crippen LogP contribution in [-0.2, 0) is 0 Å². The second-order valence-electron chi connectivity index (χ2n) is 3.47. The van der Waals surface area contributed by atoms with Gasteiger partial charge < -0.3 is 10.2 Å². The fourth-order valence-electron chi connectivity index (χ4n) is 1.59. The molecule has 5 heteroatoms. The zero-order valence-electron chi connectivity index (χ0n) is 8.48. The van der Waals surface area contributed by atoms with Crippen LogP contribution >= 0.6 is 15.9 Å². The van der Waals surface area contributed by atoms with Gasteiger partial charge in [-0.3, -0.25) is 0 Å². The number of carboxylic acid groups (broad SMARTS) is 2. The summed E-state index contributed by atoms with van der Waals surface area (Å²) in [6, 6.07) is 7.58. The highest BCUT2D eigenvalue weighted by atomic mass is 79.9. The van der Waals surface area contributed by atoms with Gasteiger partial charge in [-0.15, -0.1) is 0 Å². The minimum absolute atomic E-state index is 0.153. The van der Waals surface area contributed by atoms with E-state index in [1.54, 1.807) is 12.1 Å². The average molecular weight is 295 g/mol. The highest BCUT2D eigenvalue weighted by Gasteiger charge is 2.12. The molecule has 86 valence electrons. The van der Waals surface area contributed by atoms with Crippen molar-refractivity contribution in [2.24, 2.45) is 0 Å². The fourth-order valence-corrected chi connectivity index (χ4v) is 2.25. The van der Waals surface area contributed by atoms with Gasteiger partial charge in [0.05, 0.1) is 11.1 Å². The van der Waals surface area contributed by atoms with E-state index >= 15 is 0 Å². The van der Waals surface area contributed by atoms with E-state index in [2.05, 4.69) is 15.9 Å². The Morgan fingerprint density at radius 1 is 1.00 bits per heavy atom. The quantitative estimate of drug-likeness (QED) is 0.893. The summed E-state index contributed by atoms with van der Waals surface area (Å²) in [6.45, 7) is 0. The van der Waals surface area contributed by atoms with Crippen LogP contribution in [0.5, 0.6) is 0 Å². The number of halogens is 1. The van der Waals surface area contributed by atoms with E-state index in [1.165, 1.54) is 18.2 Å². The summed E-state index contributed by atoms with van der Waals surface area (Å²) < 4.78 is 0.458. The Morgan fingerprint density at radius 2 is 1.71 bits per heavy atom. The topological polar surface area (TPSA) is 74.6 Å². The molecule has 0 saturated carbocycles. The molecule has 0 aromatic heterocycles. The molecular formula is C12H7BrO4. The number of aromatic carboxylic acids is 2. The van der Waals surface area contributed by atoms with E-state index in [-0.39, 0.29) is 11.1 Å². The predicted molar refractivity (Wildman–Crippen MR) is 65.6 cm³/mol. The van der Waals surface area contributed by atoms with E-state index < -0.39 is 11.9 Å². The number of carboxylic acids is 2. The minimum atomic E-state index is -1.03. The Hall–Kier alpha value is -1.88. The first-order chi connectivity index (χ1) is 8.00. The number of hydrogen-bond acceptors (Lipinski definition) is 2. The molecule has 0 aliphatic carbocycles. The first kappa shape index (κ1) is 11.6. The van der Waals surface area contributed by atoms with Gasteiger partial charge in [-0.25, -0.2) is 9.59 Å². The van der Waals surface area contributed by atoms with Crippen LogP contribution < -0.4 is 0 Å². The molecule has 2 aromatic carbocycles. The maximum atomic E-state index is 10.9. The van der Waals surface area contributed by atoms with E-state index in [9.17, 15) is 9.59 Å². The van der Waals surface area contributed by atoms with Crippen LogP contribution in [0.1, 0.15) is 20.7 Å². The summed E-state index contributed by atoms with van der Waals surface area (Å²) in [4.78, 5) is 21.7. The fraction of sp³-hybridized carbons (Fsp3) is 0. The molecule has 0 saturated heterocycles. The molecular weight excluding hydrogens is 288 g/mol. The number of benzene rings is 2. The summed E-state index contributed by atoms with van der Waals surface area (Å²) in [6.07, 6.45) is 0. The van der Waals surface area contributed by atoms with Gasteiger partial charge in [0.1, 0.15) is 0 Å². The zero-order valence-corrected chi connectivity index (χ0v) is 10.1. The minimum Gasteiger partial charge on any atom is -0.478 e. The van der Waals surface area contributed by atoms with Gasteiger partial charge in [0.2, 0.25) is 0 Å². The lowest BCUT2D eigenvalue weighted by Crippen LogP contribution is -1.99.